The van der Waals surface area contributed by atoms with Crippen LogP contribution < -0.4 is 5.32 Å². The number of nitrogens with zero attached hydrogens (tertiary/aromatic N) is 1. The van der Waals surface area contributed by atoms with Crippen molar-refractivity contribution in [3.05, 3.63) is 42.0 Å². The maximum Gasteiger partial charge on any atom is 0.326 e. The summed E-state index contributed by atoms with van der Waals surface area (Å²) >= 11 is 0. The van der Waals surface area contributed by atoms with Gasteiger partial charge in [0.1, 0.15) is 12.6 Å². The van der Waals surface area contributed by atoms with Gasteiger partial charge >= 0.3 is 5.97 Å². The smallest absolute Gasteiger partial charge is 0.326 e. The van der Waals surface area contributed by atoms with Crippen molar-refractivity contribution in [2.24, 2.45) is 5.92 Å². The number of aliphatic carboxylic acids is 1. The Hall–Kier alpha value is -2.63. The third-order valence-corrected chi connectivity index (χ3v) is 4.14. The molecule has 0 aliphatic carbocycles. The van der Waals surface area contributed by atoms with Gasteiger partial charge in [-0.15, -0.1) is 0 Å². The van der Waals surface area contributed by atoms with E-state index in [1.165, 1.54) is 4.90 Å². The Morgan fingerprint density at radius 1 is 1.30 bits per heavy atom. The van der Waals surface area contributed by atoms with E-state index in [1.807, 2.05) is 6.92 Å². The standard InChI is InChI=1S/C17H20N2O4/c1-4-10(2)15(17(22)23)18-14(20)9-19-11(3)12-7-5-6-8-13(12)16(19)21/h5-8,10,15H,3-4,9H2,1-2H3,(H,18,20)(H,22,23)/t10-,15-/m0/s1. The number of nitrogens with one attached hydrogen (secondary N) is 1. The second-order valence-electron chi connectivity index (χ2n) is 5.65. The van der Waals surface area contributed by atoms with Gasteiger partial charge in [-0.3, -0.25) is 14.5 Å². The molecule has 0 aromatic heterocycles. The largest absolute Gasteiger partial charge is 0.480 e. The van der Waals surface area contributed by atoms with E-state index in [2.05, 4.69) is 11.9 Å². The lowest BCUT2D eigenvalue weighted by atomic mass is 9.99. The quantitative estimate of drug-likeness (QED) is 0.837. The number of hydrogen-bond donors (Lipinski definition) is 2. The monoisotopic (exact) mass is 316 g/mol. The second-order valence-corrected chi connectivity index (χ2v) is 5.65. The fraction of sp³-hybridized carbons (Fsp3) is 0.353. The zero-order valence-corrected chi connectivity index (χ0v) is 13.2. The molecule has 1 aliphatic rings. The fourth-order valence-electron chi connectivity index (χ4n) is 2.55. The Kier molecular flexibility index (Phi) is 4.83. The van der Waals surface area contributed by atoms with Crippen LogP contribution in [0.3, 0.4) is 0 Å². The summed E-state index contributed by atoms with van der Waals surface area (Å²) in [6.07, 6.45) is 0.623. The molecule has 0 radical (unpaired) electrons. The summed E-state index contributed by atoms with van der Waals surface area (Å²) in [5.74, 6) is -2.09. The Morgan fingerprint density at radius 3 is 2.43 bits per heavy atom. The third-order valence-electron chi connectivity index (χ3n) is 4.14. The Labute approximate surface area is 134 Å². The number of rotatable bonds is 6. The van der Waals surface area contributed by atoms with Crippen molar-refractivity contribution in [3.63, 3.8) is 0 Å². The normalized spacial score (nSPS) is 16.0. The molecular formula is C17H20N2O4. The average molecular weight is 316 g/mol. The van der Waals surface area contributed by atoms with Gasteiger partial charge in [-0.2, -0.15) is 0 Å². The first-order chi connectivity index (χ1) is 10.9. The van der Waals surface area contributed by atoms with Gasteiger partial charge in [0.2, 0.25) is 5.91 Å². The summed E-state index contributed by atoms with van der Waals surface area (Å²) in [4.78, 5) is 37.0. The summed E-state index contributed by atoms with van der Waals surface area (Å²) in [6, 6.07) is 6.02. The summed E-state index contributed by atoms with van der Waals surface area (Å²) in [7, 11) is 0. The predicted octanol–water partition coefficient (Wildman–Crippen LogP) is 1.73. The van der Waals surface area contributed by atoms with Gasteiger partial charge in [0, 0.05) is 16.8 Å². The van der Waals surface area contributed by atoms with Crippen molar-refractivity contribution >= 4 is 23.5 Å². The van der Waals surface area contributed by atoms with Gasteiger partial charge in [0.15, 0.2) is 0 Å². The summed E-state index contributed by atoms with van der Waals surface area (Å²) in [5.41, 5.74) is 1.65. The van der Waals surface area contributed by atoms with Crippen molar-refractivity contribution in [1.82, 2.24) is 10.2 Å². The topological polar surface area (TPSA) is 86.7 Å². The summed E-state index contributed by atoms with van der Waals surface area (Å²) in [6.45, 7) is 7.23. The molecule has 0 fully saturated rings. The van der Waals surface area contributed by atoms with Gasteiger partial charge in [-0.1, -0.05) is 45.0 Å². The molecular weight excluding hydrogens is 296 g/mol. The molecule has 2 amide bonds. The van der Waals surface area contributed by atoms with Crippen LogP contribution in [0, 0.1) is 5.92 Å². The number of carbonyl (C=O) groups is 3. The van der Waals surface area contributed by atoms with Crippen LogP contribution in [0.15, 0.2) is 30.8 Å². The highest BCUT2D eigenvalue weighted by Gasteiger charge is 2.33. The first-order valence-electron chi connectivity index (χ1n) is 7.49. The van der Waals surface area contributed by atoms with Gasteiger partial charge in [-0.25, -0.2) is 4.79 Å². The maximum absolute atomic E-state index is 12.3. The van der Waals surface area contributed by atoms with Crippen LogP contribution >= 0.6 is 0 Å². The van der Waals surface area contributed by atoms with E-state index in [9.17, 15) is 19.5 Å². The molecule has 1 aromatic rings. The molecule has 0 unspecified atom stereocenters. The zero-order valence-electron chi connectivity index (χ0n) is 13.2. The molecule has 0 saturated heterocycles. The molecule has 23 heavy (non-hydrogen) atoms. The highest BCUT2D eigenvalue weighted by atomic mass is 16.4. The number of hydrogen-bond acceptors (Lipinski definition) is 3. The van der Waals surface area contributed by atoms with E-state index in [-0.39, 0.29) is 18.4 Å². The van der Waals surface area contributed by atoms with Crippen LogP contribution in [-0.2, 0) is 9.59 Å². The molecule has 1 heterocycles. The van der Waals surface area contributed by atoms with E-state index < -0.39 is 17.9 Å². The van der Waals surface area contributed by atoms with Gasteiger partial charge in [-0.05, 0) is 12.0 Å². The third kappa shape index (κ3) is 3.26. The van der Waals surface area contributed by atoms with Crippen LogP contribution in [0.4, 0.5) is 0 Å². The number of carboxylic acid groups (broad SMARTS) is 1. The van der Waals surface area contributed by atoms with E-state index in [1.54, 1.807) is 31.2 Å². The number of fused-ring (bicyclic) bond motifs is 1. The predicted molar refractivity (Wildman–Crippen MR) is 85.5 cm³/mol. The molecule has 122 valence electrons. The second kappa shape index (κ2) is 6.64. The molecule has 2 N–H and O–H groups in total. The van der Waals surface area contributed by atoms with Gasteiger partial charge < -0.3 is 10.4 Å². The lowest BCUT2D eigenvalue weighted by Crippen LogP contribution is -2.48. The minimum absolute atomic E-state index is 0.203. The number of carboxylic acids is 1. The Morgan fingerprint density at radius 2 is 1.91 bits per heavy atom. The highest BCUT2D eigenvalue weighted by molar-refractivity contribution is 6.10. The van der Waals surface area contributed by atoms with Crippen molar-refractivity contribution in [1.29, 1.82) is 0 Å². The highest BCUT2D eigenvalue weighted by Crippen LogP contribution is 2.30. The molecule has 6 nitrogen and oxygen atoms in total. The summed E-state index contributed by atoms with van der Waals surface area (Å²) in [5, 5.41) is 11.7. The molecule has 1 aromatic carbocycles. The van der Waals surface area contributed by atoms with Crippen molar-refractivity contribution in [2.75, 3.05) is 6.54 Å². The van der Waals surface area contributed by atoms with Gasteiger partial charge in [0.25, 0.3) is 5.91 Å². The Balaban J connectivity index is 2.08. The van der Waals surface area contributed by atoms with Crippen LogP contribution in [0.1, 0.15) is 36.2 Å². The minimum Gasteiger partial charge on any atom is -0.480 e. The molecule has 2 atom stereocenters. The number of amides is 2. The number of benzene rings is 1. The van der Waals surface area contributed by atoms with E-state index in [0.29, 0.717) is 23.2 Å². The van der Waals surface area contributed by atoms with Crippen LogP contribution in [0.25, 0.3) is 5.70 Å². The molecule has 2 rings (SSSR count). The van der Waals surface area contributed by atoms with E-state index in [0.717, 1.165) is 0 Å². The molecule has 0 bridgehead atoms. The maximum atomic E-state index is 12.3. The SMILES string of the molecule is C=C1c2ccccc2C(=O)N1CC(=O)N[C@H](C(=O)O)[C@@H](C)CC. The lowest BCUT2D eigenvalue weighted by molar-refractivity contribution is -0.143. The van der Waals surface area contributed by atoms with Crippen molar-refractivity contribution < 1.29 is 19.5 Å². The Bertz CT molecular complexity index is 633. The first-order valence-corrected chi connectivity index (χ1v) is 7.49. The number of carbonyl (C=O) groups excluding carboxylic acids is 2. The van der Waals surface area contributed by atoms with Crippen LogP contribution in [-0.4, -0.2) is 40.4 Å². The van der Waals surface area contributed by atoms with Crippen LogP contribution in [0.2, 0.25) is 0 Å². The van der Waals surface area contributed by atoms with Crippen LogP contribution in [0.5, 0.6) is 0 Å². The molecule has 1 aliphatic heterocycles. The summed E-state index contributed by atoms with van der Waals surface area (Å²) < 4.78 is 0. The molecule has 6 heteroatoms. The fourth-order valence-corrected chi connectivity index (χ4v) is 2.55. The van der Waals surface area contributed by atoms with E-state index >= 15 is 0 Å². The van der Waals surface area contributed by atoms with Crippen molar-refractivity contribution in [2.45, 2.75) is 26.3 Å². The lowest BCUT2D eigenvalue weighted by Gasteiger charge is -2.22. The average Bonchev–Trinajstić information content (AvgIpc) is 2.77. The first kappa shape index (κ1) is 16.7. The molecule has 0 saturated carbocycles. The van der Waals surface area contributed by atoms with E-state index in [4.69, 9.17) is 0 Å². The minimum atomic E-state index is -1.08. The van der Waals surface area contributed by atoms with Gasteiger partial charge in [0.05, 0.1) is 0 Å². The molecule has 0 spiro atoms. The van der Waals surface area contributed by atoms with Crippen molar-refractivity contribution in [3.8, 4) is 0 Å². The zero-order chi connectivity index (χ0) is 17.1.